The maximum absolute atomic E-state index is 12.7. The van der Waals surface area contributed by atoms with E-state index in [9.17, 15) is 19.5 Å². The van der Waals surface area contributed by atoms with Crippen LogP contribution in [0.4, 0.5) is 10.5 Å². The Kier molecular flexibility index (Phi) is 7.81. The molecule has 3 N–H and O–H groups in total. The molecule has 0 spiro atoms. The largest absolute Gasteiger partial charge is 0.507 e. The SMILES string of the molecule is CC(=O)c1ccc(NC(=O)O[C@@H](CCC/C=C/C(=O)O)c2ccc(O)c3ccccc23)cc1. The number of ether oxygens (including phenoxy) is 1. The number of nitrogens with one attached hydrogen (secondary N) is 1. The quantitative estimate of drug-likeness (QED) is 0.215. The van der Waals surface area contributed by atoms with Gasteiger partial charge in [-0.05, 0) is 61.9 Å². The molecule has 0 unspecified atom stereocenters. The smallest absolute Gasteiger partial charge is 0.412 e. The number of phenols is 1. The van der Waals surface area contributed by atoms with E-state index in [4.69, 9.17) is 9.84 Å². The summed E-state index contributed by atoms with van der Waals surface area (Å²) in [6.07, 6.45) is 2.92. The number of carbonyl (C=O) groups is 3. The van der Waals surface area contributed by atoms with Crippen molar-refractivity contribution in [3.63, 3.8) is 0 Å². The van der Waals surface area contributed by atoms with Crippen molar-refractivity contribution >= 4 is 34.3 Å². The van der Waals surface area contributed by atoms with Gasteiger partial charge in [0, 0.05) is 28.3 Å². The van der Waals surface area contributed by atoms with Crippen LogP contribution in [0.3, 0.4) is 0 Å². The Bertz CT molecular complexity index is 1180. The number of hydrogen-bond donors (Lipinski definition) is 3. The van der Waals surface area contributed by atoms with Gasteiger partial charge < -0.3 is 14.9 Å². The number of carbonyl (C=O) groups excluding carboxylic acids is 2. The van der Waals surface area contributed by atoms with Crippen LogP contribution in [0, 0.1) is 0 Å². The molecule has 0 aliphatic heterocycles. The number of anilines is 1. The third-order valence-corrected chi connectivity index (χ3v) is 5.17. The molecular weight excluding hydrogens is 422 g/mol. The molecule has 0 radical (unpaired) electrons. The van der Waals surface area contributed by atoms with E-state index in [-0.39, 0.29) is 11.5 Å². The molecule has 0 heterocycles. The van der Waals surface area contributed by atoms with E-state index in [0.29, 0.717) is 35.9 Å². The Morgan fingerprint density at radius 3 is 2.36 bits per heavy atom. The Morgan fingerprint density at radius 2 is 1.70 bits per heavy atom. The van der Waals surface area contributed by atoms with Gasteiger partial charge in [-0.15, -0.1) is 0 Å². The number of carboxylic acid groups (broad SMARTS) is 1. The van der Waals surface area contributed by atoms with Crippen molar-refractivity contribution in [3.05, 3.63) is 83.9 Å². The third-order valence-electron chi connectivity index (χ3n) is 5.17. The first kappa shape index (κ1) is 23.5. The fourth-order valence-electron chi connectivity index (χ4n) is 3.54. The highest BCUT2D eigenvalue weighted by Gasteiger charge is 2.20. The van der Waals surface area contributed by atoms with Crippen molar-refractivity contribution in [2.45, 2.75) is 32.3 Å². The lowest BCUT2D eigenvalue weighted by molar-refractivity contribution is -0.131. The van der Waals surface area contributed by atoms with Crippen LogP contribution in [0.5, 0.6) is 5.75 Å². The fraction of sp³-hybridized carbons (Fsp3) is 0.192. The summed E-state index contributed by atoms with van der Waals surface area (Å²) in [4.78, 5) is 34.8. The Hall–Kier alpha value is -4.13. The summed E-state index contributed by atoms with van der Waals surface area (Å²) >= 11 is 0. The summed E-state index contributed by atoms with van der Waals surface area (Å²) in [5.74, 6) is -0.949. The van der Waals surface area contributed by atoms with Crippen LogP contribution >= 0.6 is 0 Å². The molecule has 0 saturated carbocycles. The summed E-state index contributed by atoms with van der Waals surface area (Å²) in [5.41, 5.74) is 1.77. The van der Waals surface area contributed by atoms with Crippen LogP contribution in [0.2, 0.25) is 0 Å². The molecule has 0 aliphatic carbocycles. The molecule has 1 amide bonds. The lowest BCUT2D eigenvalue weighted by Gasteiger charge is -2.20. The molecule has 0 fully saturated rings. The highest BCUT2D eigenvalue weighted by atomic mass is 16.6. The minimum Gasteiger partial charge on any atom is -0.507 e. The van der Waals surface area contributed by atoms with E-state index in [1.807, 2.05) is 18.2 Å². The molecule has 3 aromatic rings. The highest BCUT2D eigenvalue weighted by Crippen LogP contribution is 2.34. The number of ketones is 1. The zero-order valence-corrected chi connectivity index (χ0v) is 18.2. The average Bonchev–Trinajstić information content (AvgIpc) is 2.79. The van der Waals surface area contributed by atoms with Crippen molar-refractivity contribution in [3.8, 4) is 5.75 Å². The second-order valence-corrected chi connectivity index (χ2v) is 7.54. The number of allylic oxidation sites excluding steroid dienone is 1. The van der Waals surface area contributed by atoms with E-state index in [1.165, 1.54) is 6.92 Å². The number of amides is 1. The molecule has 7 heteroatoms. The zero-order valence-electron chi connectivity index (χ0n) is 18.2. The number of rotatable bonds is 9. The van der Waals surface area contributed by atoms with E-state index >= 15 is 0 Å². The van der Waals surface area contributed by atoms with Crippen LogP contribution in [0.1, 0.15) is 48.2 Å². The third kappa shape index (κ3) is 6.43. The van der Waals surface area contributed by atoms with Crippen molar-refractivity contribution < 1.29 is 29.3 Å². The van der Waals surface area contributed by atoms with Crippen LogP contribution < -0.4 is 5.32 Å². The Morgan fingerprint density at radius 1 is 1.00 bits per heavy atom. The summed E-state index contributed by atoms with van der Waals surface area (Å²) in [5, 5.41) is 23.0. The van der Waals surface area contributed by atoms with Gasteiger partial charge in [-0.1, -0.05) is 36.4 Å². The lowest BCUT2D eigenvalue weighted by Crippen LogP contribution is -2.18. The lowest BCUT2D eigenvalue weighted by atomic mass is 9.96. The number of phenolic OH excluding ortho intramolecular Hbond substituents is 1. The molecular formula is C26H25NO6. The number of Topliss-reactive ketones (excluding diaryl/α,β-unsaturated/α-hetero) is 1. The first-order chi connectivity index (χ1) is 15.8. The molecule has 170 valence electrons. The van der Waals surface area contributed by atoms with Crippen LogP contribution in [0.25, 0.3) is 10.8 Å². The van der Waals surface area contributed by atoms with Gasteiger partial charge in [0.15, 0.2) is 5.78 Å². The van der Waals surface area contributed by atoms with E-state index < -0.39 is 18.2 Å². The number of benzene rings is 3. The van der Waals surface area contributed by atoms with Crippen molar-refractivity contribution in [1.29, 1.82) is 0 Å². The molecule has 0 aromatic heterocycles. The normalized spacial score (nSPS) is 11.9. The zero-order chi connectivity index (χ0) is 23.8. The van der Waals surface area contributed by atoms with Gasteiger partial charge in [0.1, 0.15) is 11.9 Å². The number of carboxylic acids is 1. The van der Waals surface area contributed by atoms with Gasteiger partial charge in [-0.3, -0.25) is 10.1 Å². The number of unbranched alkanes of at least 4 members (excludes halogenated alkanes) is 1. The van der Waals surface area contributed by atoms with E-state index in [0.717, 1.165) is 17.0 Å². The Balaban J connectivity index is 1.80. The second-order valence-electron chi connectivity index (χ2n) is 7.54. The molecule has 3 rings (SSSR count). The summed E-state index contributed by atoms with van der Waals surface area (Å²) in [7, 11) is 0. The molecule has 0 aliphatic rings. The average molecular weight is 447 g/mol. The number of aliphatic carboxylic acids is 1. The maximum atomic E-state index is 12.7. The van der Waals surface area contributed by atoms with Gasteiger partial charge in [-0.2, -0.15) is 0 Å². The molecule has 0 bridgehead atoms. The van der Waals surface area contributed by atoms with Gasteiger partial charge >= 0.3 is 12.1 Å². The second kappa shape index (κ2) is 10.9. The van der Waals surface area contributed by atoms with Gasteiger partial charge in [0.2, 0.25) is 0 Å². The molecule has 3 aromatic carbocycles. The summed E-state index contributed by atoms with van der Waals surface area (Å²) in [6, 6.07) is 17.1. The van der Waals surface area contributed by atoms with Gasteiger partial charge in [0.05, 0.1) is 0 Å². The van der Waals surface area contributed by atoms with Crippen LogP contribution in [0.15, 0.2) is 72.8 Å². The van der Waals surface area contributed by atoms with Crippen LogP contribution in [-0.4, -0.2) is 28.1 Å². The Labute approximate surface area is 191 Å². The predicted octanol–water partition coefficient (Wildman–Crippen LogP) is 5.85. The number of aromatic hydroxyl groups is 1. The monoisotopic (exact) mass is 447 g/mol. The van der Waals surface area contributed by atoms with Crippen molar-refractivity contribution in [2.75, 3.05) is 5.32 Å². The highest BCUT2D eigenvalue weighted by molar-refractivity contribution is 5.95. The molecule has 33 heavy (non-hydrogen) atoms. The maximum Gasteiger partial charge on any atom is 0.412 e. The topological polar surface area (TPSA) is 113 Å². The van der Waals surface area contributed by atoms with E-state index in [1.54, 1.807) is 48.5 Å². The predicted molar refractivity (Wildman–Crippen MR) is 126 cm³/mol. The molecule has 7 nitrogen and oxygen atoms in total. The van der Waals surface area contributed by atoms with Gasteiger partial charge in [0.25, 0.3) is 0 Å². The number of fused-ring (bicyclic) bond motifs is 1. The molecule has 0 saturated heterocycles. The minimum atomic E-state index is -1.01. The standard InChI is InChI=1S/C26H25NO6/c1-17(28)18-11-13-19(14-12-18)27-26(32)33-24(9-3-2-4-10-25(30)31)22-15-16-23(29)21-8-6-5-7-20(21)22/h4-8,10-16,24,29H,2-3,9H2,1H3,(H,27,32)(H,30,31)/b10-4+/t24-/m0/s1. The summed E-state index contributed by atoms with van der Waals surface area (Å²) < 4.78 is 5.75. The van der Waals surface area contributed by atoms with Crippen LogP contribution in [-0.2, 0) is 9.53 Å². The van der Waals surface area contributed by atoms with Gasteiger partial charge in [-0.25, -0.2) is 9.59 Å². The first-order valence-corrected chi connectivity index (χ1v) is 10.5. The summed E-state index contributed by atoms with van der Waals surface area (Å²) in [6.45, 7) is 1.47. The minimum absolute atomic E-state index is 0.0691. The molecule has 1 atom stereocenters. The van der Waals surface area contributed by atoms with E-state index in [2.05, 4.69) is 5.32 Å². The first-order valence-electron chi connectivity index (χ1n) is 10.5. The van der Waals surface area contributed by atoms with Crippen molar-refractivity contribution in [2.24, 2.45) is 0 Å². The number of hydrogen-bond acceptors (Lipinski definition) is 5. The van der Waals surface area contributed by atoms with Crippen molar-refractivity contribution in [1.82, 2.24) is 0 Å². The fourth-order valence-corrected chi connectivity index (χ4v) is 3.54.